The summed E-state index contributed by atoms with van der Waals surface area (Å²) in [5.74, 6) is -0.245. The number of rotatable bonds is 5. The summed E-state index contributed by atoms with van der Waals surface area (Å²) in [7, 11) is 0. The van der Waals surface area contributed by atoms with E-state index in [2.05, 4.69) is 4.98 Å². The highest BCUT2D eigenvalue weighted by Gasteiger charge is 2.47. The van der Waals surface area contributed by atoms with Crippen molar-refractivity contribution in [2.45, 2.75) is 50.8 Å². The number of nitrogens with zero attached hydrogens (tertiary/aromatic N) is 2. The number of aliphatic carboxylic acids is 1. The number of pyridine rings is 1. The number of hydrogen-bond acceptors (Lipinski definition) is 4. The summed E-state index contributed by atoms with van der Waals surface area (Å²) in [6, 6.07) is 10.1. The van der Waals surface area contributed by atoms with Crippen LogP contribution in [0.2, 0.25) is 0 Å². The van der Waals surface area contributed by atoms with Gasteiger partial charge in [0.25, 0.3) is 5.91 Å². The first-order valence-electron chi connectivity index (χ1n) is 9.80. The van der Waals surface area contributed by atoms with Gasteiger partial charge in [0.2, 0.25) is 0 Å². The van der Waals surface area contributed by atoms with Crippen molar-refractivity contribution in [3.05, 3.63) is 59.9 Å². The third kappa shape index (κ3) is 3.72. The molecular formula is C22H24N2O4. The van der Waals surface area contributed by atoms with Crippen LogP contribution in [-0.2, 0) is 11.4 Å². The van der Waals surface area contributed by atoms with Crippen molar-refractivity contribution in [3.63, 3.8) is 0 Å². The number of amides is 1. The van der Waals surface area contributed by atoms with E-state index in [0.29, 0.717) is 30.3 Å². The lowest BCUT2D eigenvalue weighted by atomic mass is 9.84. The Kier molecular flexibility index (Phi) is 5.28. The second-order valence-corrected chi connectivity index (χ2v) is 7.59. The van der Waals surface area contributed by atoms with Gasteiger partial charge in [-0.15, -0.1) is 0 Å². The number of likely N-dealkylation sites (tertiary alicyclic amines) is 1. The molecule has 1 saturated heterocycles. The quantitative estimate of drug-likeness (QED) is 0.858. The third-order valence-corrected chi connectivity index (χ3v) is 5.82. The third-order valence-electron chi connectivity index (χ3n) is 5.82. The molecule has 0 spiro atoms. The molecule has 1 aliphatic heterocycles. The van der Waals surface area contributed by atoms with Crippen LogP contribution in [0.5, 0.6) is 5.75 Å². The molecule has 1 N–H and O–H groups in total. The lowest BCUT2D eigenvalue weighted by Crippen LogP contribution is -2.46. The van der Waals surface area contributed by atoms with Crippen molar-refractivity contribution in [1.29, 1.82) is 0 Å². The van der Waals surface area contributed by atoms with Crippen LogP contribution in [0.15, 0.2) is 48.8 Å². The maximum atomic E-state index is 13.2. The Bertz CT molecular complexity index is 855. The van der Waals surface area contributed by atoms with Gasteiger partial charge in [-0.1, -0.05) is 25.0 Å². The summed E-state index contributed by atoms with van der Waals surface area (Å²) >= 11 is 0. The second-order valence-electron chi connectivity index (χ2n) is 7.59. The zero-order valence-electron chi connectivity index (χ0n) is 15.7. The van der Waals surface area contributed by atoms with Gasteiger partial charge in [0.1, 0.15) is 18.4 Å². The molecule has 0 bridgehead atoms. The van der Waals surface area contributed by atoms with E-state index in [1.807, 2.05) is 12.1 Å². The first kappa shape index (κ1) is 18.5. The minimum atomic E-state index is -0.910. The highest BCUT2D eigenvalue weighted by atomic mass is 16.5. The molecule has 3 atom stereocenters. The minimum Gasteiger partial charge on any atom is -0.489 e. The molecule has 6 heteroatoms. The molecule has 2 fully saturated rings. The van der Waals surface area contributed by atoms with E-state index in [1.165, 1.54) is 0 Å². The monoisotopic (exact) mass is 380 g/mol. The van der Waals surface area contributed by atoms with Gasteiger partial charge in [0, 0.05) is 29.6 Å². The number of carbonyl (C=O) groups is 2. The molecular weight excluding hydrogens is 356 g/mol. The van der Waals surface area contributed by atoms with Crippen LogP contribution >= 0.6 is 0 Å². The average Bonchev–Trinajstić information content (AvgIpc) is 3.13. The molecule has 6 nitrogen and oxygen atoms in total. The van der Waals surface area contributed by atoms with E-state index >= 15 is 0 Å². The SMILES string of the molecule is O=C(O)C1CC2CCCCC2N1C(=O)c1cccc(OCc2cccnc2)c1. The van der Waals surface area contributed by atoms with E-state index in [-0.39, 0.29) is 11.9 Å². The molecule has 1 saturated carbocycles. The highest BCUT2D eigenvalue weighted by Crippen LogP contribution is 2.40. The number of benzene rings is 1. The number of fused-ring (bicyclic) bond motifs is 1. The van der Waals surface area contributed by atoms with Crippen molar-refractivity contribution in [3.8, 4) is 5.75 Å². The molecule has 2 aliphatic rings. The predicted octanol–water partition coefficient (Wildman–Crippen LogP) is 3.52. The van der Waals surface area contributed by atoms with Crippen molar-refractivity contribution in [1.82, 2.24) is 9.88 Å². The Morgan fingerprint density at radius 2 is 2.04 bits per heavy atom. The number of ether oxygens (including phenoxy) is 1. The maximum Gasteiger partial charge on any atom is 0.326 e. The van der Waals surface area contributed by atoms with Crippen LogP contribution in [0.25, 0.3) is 0 Å². The Labute approximate surface area is 164 Å². The van der Waals surface area contributed by atoms with Gasteiger partial charge in [0.05, 0.1) is 0 Å². The summed E-state index contributed by atoms with van der Waals surface area (Å²) in [4.78, 5) is 30.7. The fraction of sp³-hybridized carbons (Fsp3) is 0.409. The summed E-state index contributed by atoms with van der Waals surface area (Å²) in [5.41, 5.74) is 1.41. The van der Waals surface area contributed by atoms with E-state index in [0.717, 1.165) is 31.2 Å². The smallest absolute Gasteiger partial charge is 0.326 e. The predicted molar refractivity (Wildman–Crippen MR) is 103 cm³/mol. The van der Waals surface area contributed by atoms with Crippen LogP contribution in [0.1, 0.15) is 48.0 Å². The van der Waals surface area contributed by atoms with E-state index in [1.54, 1.807) is 41.6 Å². The van der Waals surface area contributed by atoms with E-state index in [4.69, 9.17) is 4.74 Å². The molecule has 1 aromatic carbocycles. The molecule has 2 heterocycles. The average molecular weight is 380 g/mol. The first-order chi connectivity index (χ1) is 13.6. The molecule has 1 aliphatic carbocycles. The van der Waals surface area contributed by atoms with Gasteiger partial charge in [0.15, 0.2) is 0 Å². The van der Waals surface area contributed by atoms with E-state index in [9.17, 15) is 14.7 Å². The van der Waals surface area contributed by atoms with Crippen molar-refractivity contribution < 1.29 is 19.4 Å². The fourth-order valence-corrected chi connectivity index (χ4v) is 4.49. The Balaban J connectivity index is 1.52. The van der Waals surface area contributed by atoms with Crippen molar-refractivity contribution >= 4 is 11.9 Å². The summed E-state index contributed by atoms with van der Waals surface area (Å²) in [6.07, 6.45) is 8.06. The zero-order chi connectivity index (χ0) is 19.5. The van der Waals surface area contributed by atoms with Crippen LogP contribution in [0, 0.1) is 5.92 Å². The lowest BCUT2D eigenvalue weighted by molar-refractivity contribution is -0.141. The summed E-state index contributed by atoms with van der Waals surface area (Å²) in [6.45, 7) is 0.359. The van der Waals surface area contributed by atoms with Gasteiger partial charge >= 0.3 is 5.97 Å². The van der Waals surface area contributed by atoms with Gasteiger partial charge in [-0.2, -0.15) is 0 Å². The normalized spacial score (nSPS) is 23.9. The Morgan fingerprint density at radius 1 is 1.18 bits per heavy atom. The van der Waals surface area contributed by atoms with Crippen molar-refractivity contribution in [2.75, 3.05) is 0 Å². The van der Waals surface area contributed by atoms with Crippen molar-refractivity contribution in [2.24, 2.45) is 5.92 Å². The fourth-order valence-electron chi connectivity index (χ4n) is 4.49. The van der Waals surface area contributed by atoms with Crippen LogP contribution < -0.4 is 4.74 Å². The summed E-state index contributed by atoms with van der Waals surface area (Å²) < 4.78 is 5.80. The van der Waals surface area contributed by atoms with Crippen LogP contribution in [-0.4, -0.2) is 39.0 Å². The van der Waals surface area contributed by atoms with E-state index < -0.39 is 12.0 Å². The van der Waals surface area contributed by atoms with Crippen LogP contribution in [0.4, 0.5) is 0 Å². The molecule has 146 valence electrons. The molecule has 28 heavy (non-hydrogen) atoms. The molecule has 3 unspecified atom stereocenters. The maximum absolute atomic E-state index is 13.2. The zero-order valence-corrected chi connectivity index (χ0v) is 15.7. The van der Waals surface area contributed by atoms with Gasteiger partial charge in [-0.05, 0) is 49.4 Å². The standard InChI is InChI=1S/C22H24N2O4/c25-21(24-19-9-2-1-6-16(19)12-20(24)22(26)27)17-7-3-8-18(11-17)28-14-15-5-4-10-23-13-15/h3-5,7-8,10-11,13,16,19-20H,1-2,6,9,12,14H2,(H,26,27). The number of aromatic nitrogens is 1. The largest absolute Gasteiger partial charge is 0.489 e. The number of carbonyl (C=O) groups excluding carboxylic acids is 1. The van der Waals surface area contributed by atoms with Gasteiger partial charge < -0.3 is 14.7 Å². The number of carboxylic acids is 1. The van der Waals surface area contributed by atoms with Gasteiger partial charge in [-0.25, -0.2) is 4.79 Å². The summed E-state index contributed by atoms with van der Waals surface area (Å²) in [5, 5.41) is 9.67. The molecule has 2 aromatic rings. The lowest BCUT2D eigenvalue weighted by Gasteiger charge is -2.33. The number of hydrogen-bond donors (Lipinski definition) is 1. The molecule has 1 amide bonds. The number of carboxylic acid groups (broad SMARTS) is 1. The molecule has 0 radical (unpaired) electrons. The minimum absolute atomic E-state index is 0.0299. The Hall–Kier alpha value is -2.89. The Morgan fingerprint density at radius 3 is 2.82 bits per heavy atom. The first-order valence-corrected chi connectivity index (χ1v) is 9.80. The van der Waals surface area contributed by atoms with Crippen LogP contribution in [0.3, 0.4) is 0 Å². The highest BCUT2D eigenvalue weighted by molar-refractivity contribution is 5.97. The molecule has 4 rings (SSSR count). The van der Waals surface area contributed by atoms with Gasteiger partial charge in [-0.3, -0.25) is 9.78 Å². The molecule has 1 aromatic heterocycles. The topological polar surface area (TPSA) is 79.7 Å². The second kappa shape index (κ2) is 8.00.